The second kappa shape index (κ2) is 6.93. The van der Waals surface area contributed by atoms with Gasteiger partial charge < -0.3 is 19.5 Å². The molecule has 3 aromatic carbocycles. The smallest absolute Gasteiger partial charge is 0.261 e. The maximum atomic E-state index is 12.9. The first-order valence-electron chi connectivity index (χ1n) is 9.54. The first kappa shape index (κ1) is 17.2. The van der Waals surface area contributed by atoms with Gasteiger partial charge in [0.25, 0.3) is 5.91 Å². The molecule has 0 radical (unpaired) electrons. The molecule has 1 spiro atoms. The molecular formula is C23H21NO4. The van der Waals surface area contributed by atoms with Crippen LogP contribution in [0.2, 0.25) is 0 Å². The van der Waals surface area contributed by atoms with Crippen molar-refractivity contribution in [3.05, 3.63) is 77.9 Å². The fourth-order valence-electron chi connectivity index (χ4n) is 4.05. The Morgan fingerprint density at radius 1 is 0.964 bits per heavy atom. The number of nitrogens with one attached hydrogen (secondary N) is 1. The van der Waals surface area contributed by atoms with E-state index < -0.39 is 11.9 Å². The fourth-order valence-corrected chi connectivity index (χ4v) is 4.05. The molecule has 1 atom stereocenters. The van der Waals surface area contributed by atoms with Crippen LogP contribution in [-0.4, -0.2) is 25.2 Å². The molecule has 0 saturated carbocycles. The highest BCUT2D eigenvalue weighted by atomic mass is 16.7. The molecule has 5 rings (SSSR count). The Morgan fingerprint density at radius 2 is 1.71 bits per heavy atom. The number of rotatable bonds is 3. The van der Waals surface area contributed by atoms with Crippen molar-refractivity contribution in [3.63, 3.8) is 0 Å². The van der Waals surface area contributed by atoms with Gasteiger partial charge in [0.05, 0.1) is 25.2 Å². The zero-order chi connectivity index (χ0) is 19.0. The normalized spacial score (nSPS) is 19.9. The van der Waals surface area contributed by atoms with Crippen LogP contribution in [0.4, 0.5) is 0 Å². The molecule has 2 aliphatic heterocycles. The van der Waals surface area contributed by atoms with Gasteiger partial charge in [0.2, 0.25) is 5.79 Å². The maximum Gasteiger partial charge on any atom is 0.261 e. The van der Waals surface area contributed by atoms with Gasteiger partial charge in [-0.2, -0.15) is 0 Å². The highest BCUT2D eigenvalue weighted by Crippen LogP contribution is 2.45. The van der Waals surface area contributed by atoms with Crippen molar-refractivity contribution >= 4 is 16.7 Å². The van der Waals surface area contributed by atoms with E-state index in [4.69, 9.17) is 14.2 Å². The third-order valence-electron chi connectivity index (χ3n) is 5.40. The summed E-state index contributed by atoms with van der Waals surface area (Å²) in [6.07, 6.45) is -0.325. The zero-order valence-corrected chi connectivity index (χ0v) is 15.4. The van der Waals surface area contributed by atoms with Gasteiger partial charge in [-0.15, -0.1) is 0 Å². The van der Waals surface area contributed by atoms with Crippen molar-refractivity contribution in [2.75, 3.05) is 13.2 Å². The van der Waals surface area contributed by atoms with E-state index in [1.807, 2.05) is 48.5 Å². The Bertz CT molecular complexity index is 1020. The molecule has 0 bridgehead atoms. The number of carbonyl (C=O) groups is 1. The van der Waals surface area contributed by atoms with Gasteiger partial charge in [-0.3, -0.25) is 4.79 Å². The third-order valence-corrected chi connectivity index (χ3v) is 5.40. The number of hydrogen-bond acceptors (Lipinski definition) is 4. The second-order valence-corrected chi connectivity index (χ2v) is 7.11. The minimum Gasteiger partial charge on any atom is -0.480 e. The van der Waals surface area contributed by atoms with E-state index in [0.717, 1.165) is 21.9 Å². The van der Waals surface area contributed by atoms with E-state index in [9.17, 15) is 4.79 Å². The van der Waals surface area contributed by atoms with Crippen LogP contribution in [0.1, 0.15) is 17.5 Å². The molecule has 1 amide bonds. The van der Waals surface area contributed by atoms with Crippen LogP contribution in [0.25, 0.3) is 10.8 Å². The van der Waals surface area contributed by atoms with E-state index in [1.165, 1.54) is 0 Å². The molecule has 1 saturated heterocycles. The van der Waals surface area contributed by atoms with Crippen LogP contribution in [0.3, 0.4) is 0 Å². The van der Waals surface area contributed by atoms with Crippen LogP contribution >= 0.6 is 0 Å². The number of ether oxygens (including phenoxy) is 3. The SMILES string of the molecule is O=C(NCc1cccc2ccccc12)[C@H]1CC2(OCCO2)c2ccccc2O1. The first-order valence-corrected chi connectivity index (χ1v) is 9.54. The summed E-state index contributed by atoms with van der Waals surface area (Å²) >= 11 is 0. The average molecular weight is 375 g/mol. The predicted molar refractivity (Wildman–Crippen MR) is 105 cm³/mol. The van der Waals surface area contributed by atoms with Crippen LogP contribution in [0, 0.1) is 0 Å². The maximum absolute atomic E-state index is 12.9. The molecule has 0 aromatic heterocycles. The Hall–Kier alpha value is -2.89. The summed E-state index contributed by atoms with van der Waals surface area (Å²) in [6.45, 7) is 1.47. The second-order valence-electron chi connectivity index (χ2n) is 7.11. The number of para-hydroxylation sites is 1. The summed E-state index contributed by atoms with van der Waals surface area (Å²) in [5.41, 5.74) is 1.93. The van der Waals surface area contributed by atoms with E-state index >= 15 is 0 Å². The van der Waals surface area contributed by atoms with Crippen molar-refractivity contribution < 1.29 is 19.0 Å². The van der Waals surface area contributed by atoms with Crippen LogP contribution in [-0.2, 0) is 26.6 Å². The molecule has 142 valence electrons. The monoisotopic (exact) mass is 375 g/mol. The molecule has 5 nitrogen and oxygen atoms in total. The zero-order valence-electron chi connectivity index (χ0n) is 15.4. The molecular weight excluding hydrogens is 354 g/mol. The summed E-state index contributed by atoms with van der Waals surface area (Å²) in [4.78, 5) is 12.9. The summed E-state index contributed by atoms with van der Waals surface area (Å²) in [5, 5.41) is 5.32. The molecule has 1 fully saturated rings. The predicted octanol–water partition coefficient (Wildman–Crippen LogP) is 3.51. The molecule has 0 aliphatic carbocycles. The standard InChI is InChI=1S/C23H21NO4/c25-22(24-15-17-8-5-7-16-6-1-2-9-18(16)17)21-14-23(26-12-13-27-23)19-10-3-4-11-20(19)28-21/h1-11,21H,12-15H2,(H,24,25)/t21-/m1/s1. The molecule has 3 aromatic rings. The lowest BCUT2D eigenvalue weighted by atomic mass is 9.94. The largest absolute Gasteiger partial charge is 0.480 e. The Balaban J connectivity index is 1.36. The summed E-state index contributed by atoms with van der Waals surface area (Å²) in [7, 11) is 0. The van der Waals surface area contributed by atoms with Gasteiger partial charge in [-0.25, -0.2) is 0 Å². The van der Waals surface area contributed by atoms with E-state index in [1.54, 1.807) is 0 Å². The highest BCUT2D eigenvalue weighted by Gasteiger charge is 2.48. The summed E-state index contributed by atoms with van der Waals surface area (Å²) in [5.74, 6) is -0.419. The molecule has 28 heavy (non-hydrogen) atoms. The Kier molecular flexibility index (Phi) is 4.26. The van der Waals surface area contributed by atoms with Gasteiger partial charge in [-0.1, -0.05) is 54.6 Å². The minimum absolute atomic E-state index is 0.166. The Labute approximate surface area is 163 Å². The van der Waals surface area contributed by atoms with Gasteiger partial charge >= 0.3 is 0 Å². The topological polar surface area (TPSA) is 56.8 Å². The van der Waals surface area contributed by atoms with Crippen molar-refractivity contribution in [1.82, 2.24) is 5.32 Å². The number of benzene rings is 3. The van der Waals surface area contributed by atoms with E-state index in [-0.39, 0.29) is 5.91 Å². The number of amides is 1. The highest BCUT2D eigenvalue weighted by molar-refractivity contribution is 5.87. The number of hydrogen-bond donors (Lipinski definition) is 1. The van der Waals surface area contributed by atoms with Gasteiger partial charge in [-0.05, 0) is 28.5 Å². The van der Waals surface area contributed by atoms with Crippen molar-refractivity contribution in [3.8, 4) is 5.75 Å². The fraction of sp³-hybridized carbons (Fsp3) is 0.261. The van der Waals surface area contributed by atoms with Crippen LogP contribution < -0.4 is 10.1 Å². The molecule has 2 heterocycles. The average Bonchev–Trinajstić information content (AvgIpc) is 3.20. The lowest BCUT2D eigenvalue weighted by Crippen LogP contribution is -2.47. The minimum atomic E-state index is -0.893. The molecule has 1 N–H and O–H groups in total. The van der Waals surface area contributed by atoms with Crippen molar-refractivity contribution in [2.45, 2.75) is 24.9 Å². The van der Waals surface area contributed by atoms with Gasteiger partial charge in [0.1, 0.15) is 5.75 Å². The van der Waals surface area contributed by atoms with Crippen LogP contribution in [0.5, 0.6) is 5.75 Å². The summed E-state index contributed by atoms with van der Waals surface area (Å²) < 4.78 is 17.8. The molecule has 5 heteroatoms. The molecule has 0 unspecified atom stereocenters. The van der Waals surface area contributed by atoms with E-state index in [2.05, 4.69) is 23.5 Å². The first-order chi connectivity index (χ1) is 13.8. The van der Waals surface area contributed by atoms with Crippen molar-refractivity contribution in [1.29, 1.82) is 0 Å². The molecule has 2 aliphatic rings. The quantitative estimate of drug-likeness (QED) is 0.761. The number of fused-ring (bicyclic) bond motifs is 3. The third kappa shape index (κ3) is 2.93. The van der Waals surface area contributed by atoms with Crippen molar-refractivity contribution in [2.24, 2.45) is 0 Å². The lowest BCUT2D eigenvalue weighted by molar-refractivity contribution is -0.196. The lowest BCUT2D eigenvalue weighted by Gasteiger charge is -2.37. The summed E-state index contributed by atoms with van der Waals surface area (Å²) in [6, 6.07) is 21.9. The van der Waals surface area contributed by atoms with E-state index in [0.29, 0.717) is 31.9 Å². The van der Waals surface area contributed by atoms with Gasteiger partial charge in [0, 0.05) is 6.54 Å². The number of carbonyl (C=O) groups excluding carboxylic acids is 1. The Morgan fingerprint density at radius 3 is 2.61 bits per heavy atom. The van der Waals surface area contributed by atoms with Gasteiger partial charge in [0.15, 0.2) is 6.10 Å². The van der Waals surface area contributed by atoms with Crippen LogP contribution in [0.15, 0.2) is 66.7 Å².